The number of carbonyl (C=O) groups is 1. The molecular weight excluding hydrogens is 501 g/mol. The molecule has 2 aromatic heterocycles. The minimum absolute atomic E-state index is 0.0518. The van der Waals surface area contributed by atoms with Gasteiger partial charge in [-0.25, -0.2) is 0 Å². The number of halogens is 2. The van der Waals surface area contributed by atoms with E-state index in [0.717, 1.165) is 46.4 Å². The molecule has 0 aliphatic carbocycles. The van der Waals surface area contributed by atoms with Crippen molar-refractivity contribution in [1.82, 2.24) is 25.1 Å². The van der Waals surface area contributed by atoms with E-state index in [1.165, 1.54) is 0 Å². The topological polar surface area (TPSA) is 72.7 Å². The summed E-state index contributed by atoms with van der Waals surface area (Å²) in [7, 11) is 0. The second-order valence-corrected chi connectivity index (χ2v) is 9.81. The number of nitrogens with zero attached hydrogens (tertiary/aromatic N) is 4. The smallest absolute Gasteiger partial charge is 0.220 e. The quantitative estimate of drug-likeness (QED) is 0.188. The van der Waals surface area contributed by atoms with Crippen molar-refractivity contribution in [3.8, 4) is 5.69 Å². The Balaban J connectivity index is 1.35. The highest BCUT2D eigenvalue weighted by molar-refractivity contribution is 7.99. The van der Waals surface area contributed by atoms with E-state index in [1.807, 2.05) is 47.0 Å². The number of carbonyl (C=O) groups excluding carboxylic acids is 1. The molecule has 2 aromatic carbocycles. The van der Waals surface area contributed by atoms with Gasteiger partial charge in [0, 0.05) is 37.5 Å². The van der Waals surface area contributed by atoms with Gasteiger partial charge in [-0.15, -0.1) is 10.2 Å². The van der Waals surface area contributed by atoms with Crippen molar-refractivity contribution in [2.45, 2.75) is 37.4 Å². The van der Waals surface area contributed by atoms with Crippen molar-refractivity contribution >= 4 is 40.9 Å². The van der Waals surface area contributed by atoms with E-state index in [9.17, 15) is 4.79 Å². The fourth-order valence-corrected chi connectivity index (χ4v) is 4.77. The average Bonchev–Trinajstić information content (AvgIpc) is 3.27. The molecule has 0 spiro atoms. The van der Waals surface area contributed by atoms with Gasteiger partial charge in [-0.3, -0.25) is 14.3 Å². The monoisotopic (exact) mass is 525 g/mol. The molecular formula is C26H25Cl2N5OS. The first-order valence-electron chi connectivity index (χ1n) is 11.3. The van der Waals surface area contributed by atoms with E-state index < -0.39 is 0 Å². The van der Waals surface area contributed by atoms with E-state index in [4.69, 9.17) is 23.2 Å². The number of unbranched alkanes of at least 4 members (excludes halogenated alkanes) is 1. The number of hydrogen-bond donors (Lipinski definition) is 1. The van der Waals surface area contributed by atoms with Crippen LogP contribution < -0.4 is 5.32 Å². The molecule has 1 N–H and O–H groups in total. The Kier molecular flexibility index (Phi) is 9.17. The predicted molar refractivity (Wildman–Crippen MR) is 141 cm³/mol. The van der Waals surface area contributed by atoms with Gasteiger partial charge >= 0.3 is 0 Å². The molecule has 0 fully saturated rings. The second kappa shape index (κ2) is 12.7. The number of nitrogens with one attached hydrogen (secondary N) is 1. The van der Waals surface area contributed by atoms with Crippen LogP contribution in [-0.4, -0.2) is 31.4 Å². The standard InChI is InChI=1S/C26H25Cl2N5OS/c27-22-10-9-21(17-23(22)28)33-24(16-19-6-2-1-3-7-19)31-32-26(33)35-15-5-4-8-25(34)30-18-20-11-13-29-14-12-20/h1-3,6-7,9-14,17H,4-5,8,15-16,18H2,(H,30,34). The lowest BCUT2D eigenvalue weighted by Gasteiger charge is -2.11. The maximum Gasteiger partial charge on any atom is 0.220 e. The first-order valence-corrected chi connectivity index (χ1v) is 13.1. The van der Waals surface area contributed by atoms with E-state index in [1.54, 1.807) is 30.2 Å². The van der Waals surface area contributed by atoms with Crippen molar-refractivity contribution in [1.29, 1.82) is 0 Å². The Morgan fingerprint density at radius 1 is 0.914 bits per heavy atom. The Morgan fingerprint density at radius 2 is 1.71 bits per heavy atom. The lowest BCUT2D eigenvalue weighted by Crippen LogP contribution is -2.22. The highest BCUT2D eigenvalue weighted by Crippen LogP contribution is 2.29. The predicted octanol–water partition coefficient (Wildman–Crippen LogP) is 6.14. The summed E-state index contributed by atoms with van der Waals surface area (Å²) < 4.78 is 2.03. The molecule has 6 nitrogen and oxygen atoms in total. The number of aromatic nitrogens is 4. The van der Waals surface area contributed by atoms with Gasteiger partial charge in [0.05, 0.1) is 15.7 Å². The number of rotatable bonds is 11. The summed E-state index contributed by atoms with van der Waals surface area (Å²) in [4.78, 5) is 16.1. The number of amides is 1. The van der Waals surface area contributed by atoms with E-state index >= 15 is 0 Å². The summed E-state index contributed by atoms with van der Waals surface area (Å²) >= 11 is 14.1. The maximum atomic E-state index is 12.1. The van der Waals surface area contributed by atoms with E-state index in [2.05, 4.69) is 32.6 Å². The van der Waals surface area contributed by atoms with Crippen LogP contribution in [-0.2, 0) is 17.8 Å². The van der Waals surface area contributed by atoms with Crippen LogP contribution in [0.25, 0.3) is 5.69 Å². The van der Waals surface area contributed by atoms with Crippen LogP contribution in [0.4, 0.5) is 0 Å². The molecule has 0 radical (unpaired) electrons. The molecule has 180 valence electrons. The fourth-order valence-electron chi connectivity index (χ4n) is 3.51. The molecule has 0 aliphatic heterocycles. The molecule has 0 unspecified atom stereocenters. The zero-order valence-electron chi connectivity index (χ0n) is 19.0. The largest absolute Gasteiger partial charge is 0.352 e. The molecule has 0 aliphatic rings. The number of thioether (sulfide) groups is 1. The van der Waals surface area contributed by atoms with Gasteiger partial charge in [0.15, 0.2) is 5.16 Å². The molecule has 0 bridgehead atoms. The van der Waals surface area contributed by atoms with Crippen LogP contribution in [0.5, 0.6) is 0 Å². The van der Waals surface area contributed by atoms with Gasteiger partial charge in [-0.05, 0) is 54.3 Å². The van der Waals surface area contributed by atoms with Crippen LogP contribution in [0.3, 0.4) is 0 Å². The van der Waals surface area contributed by atoms with Gasteiger partial charge in [-0.1, -0.05) is 65.3 Å². The minimum atomic E-state index is 0.0518. The van der Waals surface area contributed by atoms with Crippen LogP contribution >= 0.6 is 35.0 Å². The third kappa shape index (κ3) is 7.31. The Bertz CT molecular complexity index is 1250. The normalized spacial score (nSPS) is 10.9. The highest BCUT2D eigenvalue weighted by Gasteiger charge is 2.16. The van der Waals surface area contributed by atoms with Gasteiger partial charge < -0.3 is 5.32 Å². The van der Waals surface area contributed by atoms with Crippen molar-refractivity contribution in [3.63, 3.8) is 0 Å². The first-order chi connectivity index (χ1) is 17.1. The average molecular weight is 526 g/mol. The van der Waals surface area contributed by atoms with Crippen LogP contribution in [0.15, 0.2) is 78.2 Å². The molecule has 9 heteroatoms. The van der Waals surface area contributed by atoms with Crippen molar-refractivity contribution in [2.75, 3.05) is 5.75 Å². The van der Waals surface area contributed by atoms with Gasteiger partial charge in [0.1, 0.15) is 5.82 Å². The molecule has 4 aromatic rings. The summed E-state index contributed by atoms with van der Waals surface area (Å²) in [6.45, 7) is 0.521. The fraction of sp³-hybridized carbons (Fsp3) is 0.231. The Labute approximate surface area is 219 Å². The van der Waals surface area contributed by atoms with E-state index in [0.29, 0.717) is 29.4 Å². The maximum absolute atomic E-state index is 12.1. The number of benzene rings is 2. The lowest BCUT2D eigenvalue weighted by atomic mass is 10.1. The summed E-state index contributed by atoms with van der Waals surface area (Å²) in [5.41, 5.74) is 3.06. The molecule has 0 atom stereocenters. The second-order valence-electron chi connectivity index (χ2n) is 7.93. The van der Waals surface area contributed by atoms with E-state index in [-0.39, 0.29) is 5.91 Å². The molecule has 1 amide bonds. The number of pyridine rings is 1. The SMILES string of the molecule is O=C(CCCCSc1nnc(Cc2ccccc2)n1-c1ccc(Cl)c(Cl)c1)NCc1ccncc1. The Hall–Kier alpha value is -2.87. The zero-order chi connectivity index (χ0) is 24.5. The van der Waals surface area contributed by atoms with Crippen molar-refractivity contribution < 1.29 is 4.79 Å². The molecule has 4 rings (SSSR count). The third-order valence-electron chi connectivity index (χ3n) is 5.34. The first kappa shape index (κ1) is 25.2. The van der Waals surface area contributed by atoms with Crippen molar-refractivity contribution in [3.05, 3.63) is 100 Å². The van der Waals surface area contributed by atoms with Gasteiger partial charge in [0.2, 0.25) is 5.91 Å². The van der Waals surface area contributed by atoms with Crippen LogP contribution in [0.1, 0.15) is 36.2 Å². The van der Waals surface area contributed by atoms with Crippen LogP contribution in [0, 0.1) is 0 Å². The molecule has 0 saturated heterocycles. The third-order valence-corrected chi connectivity index (χ3v) is 7.09. The van der Waals surface area contributed by atoms with Crippen molar-refractivity contribution in [2.24, 2.45) is 0 Å². The van der Waals surface area contributed by atoms with Gasteiger partial charge in [0.25, 0.3) is 0 Å². The minimum Gasteiger partial charge on any atom is -0.352 e. The zero-order valence-corrected chi connectivity index (χ0v) is 21.4. The number of hydrogen-bond acceptors (Lipinski definition) is 5. The highest BCUT2D eigenvalue weighted by atomic mass is 35.5. The van der Waals surface area contributed by atoms with Gasteiger partial charge in [-0.2, -0.15) is 0 Å². The molecule has 35 heavy (non-hydrogen) atoms. The Morgan fingerprint density at radius 3 is 2.49 bits per heavy atom. The summed E-state index contributed by atoms with van der Waals surface area (Å²) in [6, 6.07) is 19.5. The summed E-state index contributed by atoms with van der Waals surface area (Å²) in [5.74, 6) is 1.70. The molecule has 0 saturated carbocycles. The summed E-state index contributed by atoms with van der Waals surface area (Å²) in [5, 5.41) is 13.6. The summed E-state index contributed by atoms with van der Waals surface area (Å²) in [6.07, 6.45) is 6.26. The lowest BCUT2D eigenvalue weighted by molar-refractivity contribution is -0.121. The van der Waals surface area contributed by atoms with Crippen LogP contribution in [0.2, 0.25) is 10.0 Å². The molecule has 2 heterocycles.